The van der Waals surface area contributed by atoms with E-state index >= 15 is 0 Å². The maximum Gasteiger partial charge on any atom is 0.225 e. The largest absolute Gasteiger partial charge is 0.497 e. The number of unbranched alkanes of at least 4 members (excludes halogenated alkanes) is 1. The number of hydrogen-bond acceptors (Lipinski definition) is 6. The predicted octanol–water partition coefficient (Wildman–Crippen LogP) is 4.30. The van der Waals surface area contributed by atoms with Crippen LogP contribution in [0.15, 0.2) is 48.5 Å². The van der Waals surface area contributed by atoms with Crippen molar-refractivity contribution in [1.29, 1.82) is 0 Å². The predicted molar refractivity (Wildman–Crippen MR) is 139 cm³/mol. The van der Waals surface area contributed by atoms with Crippen molar-refractivity contribution >= 4 is 34.0 Å². The third kappa shape index (κ3) is 5.30. The zero-order valence-electron chi connectivity index (χ0n) is 20.3. The first-order valence-corrected chi connectivity index (χ1v) is 12.5. The monoisotopic (exact) mass is 472 g/mol. The molecule has 7 nitrogen and oxygen atoms in total. The summed E-state index contributed by atoms with van der Waals surface area (Å²) in [6, 6.07) is 16.4. The number of ketones is 1. The highest BCUT2D eigenvalue weighted by molar-refractivity contribution is 5.97. The van der Waals surface area contributed by atoms with Crippen molar-refractivity contribution < 1.29 is 14.3 Å². The molecule has 1 aromatic heterocycles. The lowest BCUT2D eigenvalue weighted by atomic mass is 10.0. The molecule has 1 fully saturated rings. The minimum absolute atomic E-state index is 0.0325. The number of anilines is 2. The van der Waals surface area contributed by atoms with Crippen LogP contribution in [0.5, 0.6) is 5.75 Å². The van der Waals surface area contributed by atoms with Crippen LogP contribution in [0.2, 0.25) is 0 Å². The van der Waals surface area contributed by atoms with Crippen LogP contribution in [0.4, 0.5) is 11.5 Å². The summed E-state index contributed by atoms with van der Waals surface area (Å²) in [5.74, 6) is 1.45. The summed E-state index contributed by atoms with van der Waals surface area (Å²) >= 11 is 0. The molecule has 2 aliphatic heterocycles. The molecule has 7 heteroatoms. The molecule has 0 spiro atoms. The number of methoxy groups -OCH3 is 1. The van der Waals surface area contributed by atoms with E-state index in [1.54, 1.807) is 13.2 Å². The third-order valence-electron chi connectivity index (χ3n) is 7.05. The molecule has 3 heterocycles. The fourth-order valence-electron chi connectivity index (χ4n) is 5.00. The van der Waals surface area contributed by atoms with Gasteiger partial charge in [-0.25, -0.2) is 4.98 Å². The molecule has 35 heavy (non-hydrogen) atoms. The molecule has 0 aliphatic carbocycles. The second-order valence-corrected chi connectivity index (χ2v) is 9.33. The zero-order chi connectivity index (χ0) is 24.2. The number of carbonyl (C=O) groups excluding carboxylic acids is 2. The van der Waals surface area contributed by atoms with E-state index in [9.17, 15) is 9.59 Å². The van der Waals surface area contributed by atoms with Gasteiger partial charge in [0.25, 0.3) is 0 Å². The number of benzene rings is 2. The van der Waals surface area contributed by atoms with Crippen molar-refractivity contribution in [2.75, 3.05) is 50.1 Å². The Bertz CT molecular complexity index is 1230. The van der Waals surface area contributed by atoms with Crippen LogP contribution in [0.25, 0.3) is 10.8 Å². The molecule has 0 unspecified atom stereocenters. The number of aryl methyl sites for hydroxylation is 1. The van der Waals surface area contributed by atoms with Crippen LogP contribution in [0.3, 0.4) is 0 Å². The molecule has 3 aromatic rings. The fourth-order valence-corrected chi connectivity index (χ4v) is 5.00. The normalized spacial score (nSPS) is 16.1. The van der Waals surface area contributed by atoms with Crippen molar-refractivity contribution in [1.82, 2.24) is 9.88 Å². The second-order valence-electron chi connectivity index (χ2n) is 9.33. The zero-order valence-corrected chi connectivity index (χ0v) is 20.3. The van der Waals surface area contributed by atoms with Gasteiger partial charge in [-0.2, -0.15) is 0 Å². The average molecular weight is 473 g/mol. The molecule has 1 amide bonds. The Kier molecular flexibility index (Phi) is 6.95. The lowest BCUT2D eigenvalue weighted by molar-refractivity contribution is -0.116. The highest BCUT2D eigenvalue weighted by Crippen LogP contribution is 2.30. The Morgan fingerprint density at radius 3 is 2.71 bits per heavy atom. The summed E-state index contributed by atoms with van der Waals surface area (Å²) in [5, 5.41) is 5.24. The van der Waals surface area contributed by atoms with Gasteiger partial charge in [0, 0.05) is 50.1 Å². The van der Waals surface area contributed by atoms with Gasteiger partial charge in [0.1, 0.15) is 17.3 Å². The van der Waals surface area contributed by atoms with Gasteiger partial charge in [0.2, 0.25) is 5.91 Å². The number of carbonyl (C=O) groups is 2. The average Bonchev–Trinajstić information content (AvgIpc) is 2.90. The summed E-state index contributed by atoms with van der Waals surface area (Å²) in [6.07, 6.45) is 3.47. The van der Waals surface area contributed by atoms with Crippen LogP contribution in [0.1, 0.15) is 41.7 Å². The number of nitrogens with one attached hydrogen (secondary N) is 1. The lowest BCUT2D eigenvalue weighted by Gasteiger charge is -2.36. The van der Waals surface area contributed by atoms with Gasteiger partial charge >= 0.3 is 0 Å². The number of hydrogen-bond donors (Lipinski definition) is 1. The van der Waals surface area contributed by atoms with Gasteiger partial charge in [-0.1, -0.05) is 24.3 Å². The molecule has 0 radical (unpaired) electrons. The molecule has 2 aromatic carbocycles. The minimum atomic E-state index is -0.0325. The van der Waals surface area contributed by atoms with E-state index in [-0.39, 0.29) is 11.7 Å². The van der Waals surface area contributed by atoms with Crippen LogP contribution in [-0.4, -0.2) is 61.4 Å². The molecule has 0 bridgehead atoms. The number of pyridine rings is 1. The van der Waals surface area contributed by atoms with E-state index < -0.39 is 0 Å². The number of amides is 1. The Labute approximate surface area is 206 Å². The Morgan fingerprint density at radius 2 is 1.89 bits per heavy atom. The van der Waals surface area contributed by atoms with E-state index in [4.69, 9.17) is 4.74 Å². The van der Waals surface area contributed by atoms with Gasteiger partial charge in [-0.05, 0) is 61.0 Å². The lowest BCUT2D eigenvalue weighted by Crippen LogP contribution is -2.46. The number of Topliss-reactive ketones (excluding diaryl/α,β-unsaturated/α-hetero) is 1. The summed E-state index contributed by atoms with van der Waals surface area (Å²) in [4.78, 5) is 33.6. The van der Waals surface area contributed by atoms with Crippen molar-refractivity contribution in [3.8, 4) is 5.75 Å². The highest BCUT2D eigenvalue weighted by Gasteiger charge is 2.20. The quantitative estimate of drug-likeness (QED) is 0.389. The van der Waals surface area contributed by atoms with Crippen molar-refractivity contribution in [2.45, 2.75) is 32.1 Å². The Balaban J connectivity index is 1.09. The van der Waals surface area contributed by atoms with Gasteiger partial charge in [-0.15, -0.1) is 0 Å². The molecular formula is C28H32N4O3. The van der Waals surface area contributed by atoms with Crippen molar-refractivity contribution in [2.24, 2.45) is 0 Å². The van der Waals surface area contributed by atoms with E-state index in [0.29, 0.717) is 30.8 Å². The van der Waals surface area contributed by atoms with E-state index in [1.165, 1.54) is 16.5 Å². The van der Waals surface area contributed by atoms with Crippen LogP contribution in [0, 0.1) is 0 Å². The van der Waals surface area contributed by atoms with Gasteiger partial charge in [-0.3, -0.25) is 14.5 Å². The molecule has 5 rings (SSSR count). The van der Waals surface area contributed by atoms with Crippen LogP contribution in [-0.2, 0) is 11.2 Å². The summed E-state index contributed by atoms with van der Waals surface area (Å²) in [7, 11) is 1.71. The molecule has 0 atom stereocenters. The number of aromatic nitrogens is 1. The van der Waals surface area contributed by atoms with Crippen LogP contribution < -0.4 is 15.0 Å². The van der Waals surface area contributed by atoms with Gasteiger partial charge < -0.3 is 15.0 Å². The number of nitrogens with zero attached hydrogens (tertiary/aromatic N) is 3. The van der Waals surface area contributed by atoms with E-state index in [2.05, 4.69) is 50.4 Å². The van der Waals surface area contributed by atoms with Crippen LogP contribution >= 0.6 is 0 Å². The smallest absolute Gasteiger partial charge is 0.225 e. The van der Waals surface area contributed by atoms with E-state index in [0.717, 1.165) is 56.9 Å². The number of fused-ring (bicyclic) bond motifs is 2. The maximum atomic E-state index is 12.6. The topological polar surface area (TPSA) is 74.8 Å². The first kappa shape index (κ1) is 23.3. The number of ether oxygens (including phenoxy) is 1. The Morgan fingerprint density at radius 1 is 1.03 bits per heavy atom. The number of piperazine rings is 1. The minimum Gasteiger partial charge on any atom is -0.497 e. The molecule has 1 N–H and O–H groups in total. The third-order valence-corrected chi connectivity index (χ3v) is 7.05. The van der Waals surface area contributed by atoms with E-state index in [1.807, 2.05) is 12.1 Å². The highest BCUT2D eigenvalue weighted by atomic mass is 16.5. The summed E-state index contributed by atoms with van der Waals surface area (Å²) in [5.41, 5.74) is 2.72. The number of rotatable bonds is 8. The molecular weight excluding hydrogens is 440 g/mol. The van der Waals surface area contributed by atoms with Gasteiger partial charge in [0.15, 0.2) is 5.78 Å². The molecule has 2 aliphatic rings. The molecule has 1 saturated heterocycles. The summed E-state index contributed by atoms with van der Waals surface area (Å²) < 4.78 is 5.44. The molecule has 182 valence electrons. The fraction of sp³-hybridized carbons (Fsp3) is 0.393. The van der Waals surface area contributed by atoms with Crippen molar-refractivity contribution in [3.05, 3.63) is 59.8 Å². The molecule has 0 saturated carbocycles. The standard InChI is InChI=1S/C28H32N4O3/c1-35-22-11-8-20-5-4-6-25(23(20)19-22)32-17-15-31(16-18-32)14-3-2-7-26(33)24-12-9-21-10-13-27(34)30-28(21)29-24/h4-6,8-9,11-12,19H,2-3,7,10,13-18H2,1H3,(H,29,30,34). The van der Waals surface area contributed by atoms with Gasteiger partial charge in [0.05, 0.1) is 7.11 Å². The Hall–Kier alpha value is -3.45. The second kappa shape index (κ2) is 10.4. The first-order chi connectivity index (χ1) is 17.1. The SMILES string of the molecule is COc1ccc2cccc(N3CCN(CCCCC(=O)c4ccc5c(n4)NC(=O)CC5)CC3)c2c1. The maximum absolute atomic E-state index is 12.6. The first-order valence-electron chi connectivity index (χ1n) is 12.5. The van der Waals surface area contributed by atoms with Crippen molar-refractivity contribution in [3.63, 3.8) is 0 Å². The summed E-state index contributed by atoms with van der Waals surface area (Å²) in [6.45, 7) is 5.00.